The van der Waals surface area contributed by atoms with Gasteiger partial charge in [0.25, 0.3) is 0 Å². The van der Waals surface area contributed by atoms with Gasteiger partial charge in [-0.25, -0.2) is 0 Å². The molecule has 0 nitrogen and oxygen atoms in total. The van der Waals surface area contributed by atoms with Crippen LogP contribution in [-0.4, -0.2) is 0 Å². The maximum absolute atomic E-state index is 2.39. The molecular weight excluding hydrogens is 817 g/mol. The molecule has 0 radical (unpaired) electrons. The van der Waals surface area contributed by atoms with Crippen LogP contribution in [0.15, 0.2) is 279 Å². The highest BCUT2D eigenvalue weighted by molar-refractivity contribution is 6.00. The van der Waals surface area contributed by atoms with E-state index in [0.717, 1.165) is 77.9 Å². The molecule has 322 valence electrons. The van der Waals surface area contributed by atoms with Gasteiger partial charge in [-0.3, -0.25) is 0 Å². The van der Waals surface area contributed by atoms with E-state index in [4.69, 9.17) is 0 Å². The molecule has 0 saturated heterocycles. The zero-order chi connectivity index (χ0) is 45.7. The quantitative estimate of drug-likeness (QED) is 0.101. The second-order valence-corrected chi connectivity index (χ2v) is 16.9. The van der Waals surface area contributed by atoms with Gasteiger partial charge in [-0.15, -0.1) is 0 Å². The van der Waals surface area contributed by atoms with Crippen LogP contribution >= 0.6 is 0 Å². The lowest BCUT2D eigenvalue weighted by atomic mass is 9.86. The van der Waals surface area contributed by atoms with Crippen molar-refractivity contribution in [2.45, 2.75) is 0 Å². The van der Waals surface area contributed by atoms with E-state index in [1.54, 1.807) is 0 Å². The maximum atomic E-state index is 2.39. The summed E-state index contributed by atoms with van der Waals surface area (Å²) >= 11 is 0. The summed E-state index contributed by atoms with van der Waals surface area (Å²) in [6, 6.07) is 99.9. The number of hydrogen-bond donors (Lipinski definition) is 0. The van der Waals surface area contributed by atoms with Gasteiger partial charge in [-0.1, -0.05) is 267 Å². The number of benzene rings is 10. The monoisotopic (exact) mass is 866 g/mol. The van der Waals surface area contributed by atoms with E-state index in [-0.39, 0.29) is 0 Å². The van der Waals surface area contributed by atoms with Crippen molar-refractivity contribution in [1.29, 1.82) is 0 Å². The van der Waals surface area contributed by atoms with Crippen LogP contribution in [0.2, 0.25) is 0 Å². The summed E-state index contributed by atoms with van der Waals surface area (Å²) in [5.74, 6) is 0. The van der Waals surface area contributed by atoms with Gasteiger partial charge in [0.2, 0.25) is 0 Å². The van der Waals surface area contributed by atoms with E-state index in [9.17, 15) is 0 Å². The average Bonchev–Trinajstić information content (AvgIpc) is 3.42. The van der Waals surface area contributed by atoms with Crippen molar-refractivity contribution in [1.82, 2.24) is 0 Å². The lowest BCUT2D eigenvalue weighted by Gasteiger charge is -2.17. The summed E-state index contributed by atoms with van der Waals surface area (Å²) in [6.45, 7) is 0. The first kappa shape index (κ1) is 43.1. The van der Waals surface area contributed by atoms with Gasteiger partial charge in [-0.2, -0.15) is 0 Å². The van der Waals surface area contributed by atoms with Crippen LogP contribution in [0, 0.1) is 0 Å². The van der Waals surface area contributed by atoms with Gasteiger partial charge in [0.05, 0.1) is 0 Å². The first-order valence-corrected chi connectivity index (χ1v) is 23.3. The standard InChI is InChI=1S/C68H50/c1-9-25-53(26-10-1)63(54-27-11-2-12-28-54)45-51-41-43-61(49-65(57-33-17-5-18-34-57)58-35-19-6-20-36-58)67(47-51)68-48-52(46-64(55-29-13-3-14-30-55)56-31-15-4-16-32-56)42-44-62(68)50-66(59-37-21-7-22-38-59)60-39-23-8-24-40-60/h1-50H. The highest BCUT2D eigenvalue weighted by Crippen LogP contribution is 2.39. The maximum Gasteiger partial charge on any atom is -0.00990 e. The van der Waals surface area contributed by atoms with Crippen molar-refractivity contribution >= 4 is 46.6 Å². The lowest BCUT2D eigenvalue weighted by molar-refractivity contribution is 1.51. The molecule has 0 aromatic heterocycles. The Morgan fingerprint density at radius 1 is 0.191 bits per heavy atom. The molecule has 0 atom stereocenters. The summed E-state index contributed by atoms with van der Waals surface area (Å²) in [7, 11) is 0. The smallest absolute Gasteiger partial charge is 0.00990 e. The Morgan fingerprint density at radius 3 is 0.588 bits per heavy atom. The molecule has 10 rings (SSSR count). The van der Waals surface area contributed by atoms with Crippen molar-refractivity contribution in [2.75, 3.05) is 0 Å². The molecular formula is C68H50. The first-order valence-electron chi connectivity index (χ1n) is 23.3. The normalized spacial score (nSPS) is 10.6. The molecule has 10 aromatic carbocycles. The van der Waals surface area contributed by atoms with Crippen molar-refractivity contribution in [2.24, 2.45) is 0 Å². The SMILES string of the molecule is C(=C(c1ccccc1)c1ccccc1)c1ccc(C=C(c2ccccc2)c2ccccc2)c(-c2cc(C=C(c3ccccc3)c3ccccc3)ccc2C=C(c2ccccc2)c2ccccc2)c1. The van der Waals surface area contributed by atoms with Crippen molar-refractivity contribution in [3.05, 3.63) is 346 Å². The van der Waals surface area contributed by atoms with Crippen molar-refractivity contribution < 1.29 is 0 Å². The van der Waals surface area contributed by atoms with Crippen LogP contribution in [-0.2, 0) is 0 Å². The average molecular weight is 867 g/mol. The van der Waals surface area contributed by atoms with Crippen molar-refractivity contribution in [3.63, 3.8) is 0 Å². The minimum Gasteiger partial charge on any atom is -0.0622 e. The Hall–Kier alpha value is -8.84. The van der Waals surface area contributed by atoms with Crippen LogP contribution in [0.3, 0.4) is 0 Å². The molecule has 0 aliphatic rings. The van der Waals surface area contributed by atoms with Crippen LogP contribution in [0.1, 0.15) is 66.8 Å². The van der Waals surface area contributed by atoms with E-state index < -0.39 is 0 Å². The second-order valence-electron chi connectivity index (χ2n) is 16.9. The Kier molecular flexibility index (Phi) is 13.3. The molecule has 10 aromatic rings. The molecule has 0 aliphatic carbocycles. The minimum absolute atomic E-state index is 1.11. The third-order valence-electron chi connectivity index (χ3n) is 12.3. The van der Waals surface area contributed by atoms with E-state index in [1.807, 2.05) is 0 Å². The molecule has 68 heavy (non-hydrogen) atoms. The first-order chi connectivity index (χ1) is 33.7. The molecule has 0 fully saturated rings. The minimum atomic E-state index is 1.11. The van der Waals surface area contributed by atoms with Crippen LogP contribution in [0.4, 0.5) is 0 Å². The molecule has 0 amide bonds. The summed E-state index contributed by atoms with van der Waals surface area (Å²) in [4.78, 5) is 0. The predicted octanol–water partition coefficient (Wildman–Crippen LogP) is 17.7. The fourth-order valence-electron chi connectivity index (χ4n) is 8.96. The summed E-state index contributed by atoms with van der Waals surface area (Å²) in [5.41, 5.74) is 20.7. The van der Waals surface area contributed by atoms with Crippen LogP contribution < -0.4 is 0 Å². The Labute approximate surface area is 401 Å². The molecule has 0 spiro atoms. The van der Waals surface area contributed by atoms with E-state index >= 15 is 0 Å². The molecule has 0 bridgehead atoms. The topological polar surface area (TPSA) is 0 Å². The highest BCUT2D eigenvalue weighted by atomic mass is 14.2. The molecule has 0 unspecified atom stereocenters. The van der Waals surface area contributed by atoms with Gasteiger partial charge in [0.1, 0.15) is 0 Å². The van der Waals surface area contributed by atoms with E-state index in [0.29, 0.717) is 0 Å². The van der Waals surface area contributed by atoms with Gasteiger partial charge in [0, 0.05) is 0 Å². The lowest BCUT2D eigenvalue weighted by Crippen LogP contribution is -1.95. The van der Waals surface area contributed by atoms with Crippen LogP contribution in [0.5, 0.6) is 0 Å². The summed E-state index contributed by atoms with van der Waals surface area (Å²) < 4.78 is 0. The molecule has 0 N–H and O–H groups in total. The fourth-order valence-corrected chi connectivity index (χ4v) is 8.96. The Bertz CT molecular complexity index is 2950. The van der Waals surface area contributed by atoms with Gasteiger partial charge in [0.15, 0.2) is 0 Å². The fraction of sp³-hybridized carbons (Fsp3) is 0. The van der Waals surface area contributed by atoms with E-state index in [2.05, 4.69) is 303 Å². The third-order valence-corrected chi connectivity index (χ3v) is 12.3. The number of hydrogen-bond acceptors (Lipinski definition) is 0. The van der Waals surface area contributed by atoms with Gasteiger partial charge >= 0.3 is 0 Å². The van der Waals surface area contributed by atoms with E-state index in [1.165, 1.54) is 22.3 Å². The van der Waals surface area contributed by atoms with Crippen LogP contribution in [0.25, 0.3) is 57.7 Å². The highest BCUT2D eigenvalue weighted by Gasteiger charge is 2.16. The Morgan fingerprint density at radius 2 is 0.382 bits per heavy atom. The zero-order valence-electron chi connectivity index (χ0n) is 37.9. The Balaban J connectivity index is 1.28. The predicted molar refractivity (Wildman–Crippen MR) is 291 cm³/mol. The molecule has 0 aliphatic heterocycles. The number of rotatable bonds is 13. The summed E-state index contributed by atoms with van der Waals surface area (Å²) in [5, 5.41) is 0. The summed E-state index contributed by atoms with van der Waals surface area (Å²) in [6.07, 6.45) is 9.46. The van der Waals surface area contributed by atoms with Gasteiger partial charge < -0.3 is 0 Å². The molecule has 0 saturated carbocycles. The molecule has 0 heteroatoms. The van der Waals surface area contributed by atoms with Gasteiger partial charge in [-0.05, 0) is 137 Å². The largest absolute Gasteiger partial charge is 0.0622 e. The third kappa shape index (κ3) is 10.2. The van der Waals surface area contributed by atoms with Crippen molar-refractivity contribution in [3.8, 4) is 11.1 Å². The molecule has 0 heterocycles. The zero-order valence-corrected chi connectivity index (χ0v) is 37.9. The second kappa shape index (κ2) is 21.0.